The molecule has 1 amide bonds. The van der Waals surface area contributed by atoms with E-state index in [1.54, 1.807) is 0 Å². The van der Waals surface area contributed by atoms with Crippen LogP contribution in [0, 0.1) is 17.8 Å². The molecule has 1 fully saturated rings. The van der Waals surface area contributed by atoms with E-state index in [1.165, 1.54) is 0 Å². The van der Waals surface area contributed by atoms with E-state index in [-0.39, 0.29) is 5.92 Å². The summed E-state index contributed by atoms with van der Waals surface area (Å²) in [5, 5.41) is 0. The average Bonchev–Trinajstić information content (AvgIpc) is 2.17. The maximum absolute atomic E-state index is 11.6. The molecule has 1 rings (SSSR count). The summed E-state index contributed by atoms with van der Waals surface area (Å²) in [7, 11) is 0. The lowest BCUT2D eigenvalue weighted by molar-refractivity contribution is -0.131. The fraction of sp³-hybridized carbons (Fsp3) is 0.900. The highest BCUT2D eigenvalue weighted by Crippen LogP contribution is 2.24. The van der Waals surface area contributed by atoms with Gasteiger partial charge in [-0.2, -0.15) is 0 Å². The molecule has 0 N–H and O–H groups in total. The van der Waals surface area contributed by atoms with Crippen LogP contribution in [0.15, 0.2) is 0 Å². The number of likely N-dealkylation sites (tertiary alicyclic amines) is 1. The van der Waals surface area contributed by atoms with Crippen LogP contribution in [0.5, 0.6) is 0 Å². The molecule has 70 valence electrons. The summed E-state index contributed by atoms with van der Waals surface area (Å²) in [4.78, 5) is 13.6. The van der Waals surface area contributed by atoms with Crippen LogP contribution < -0.4 is 0 Å². The smallest absolute Gasteiger partial charge is 0.225 e. The van der Waals surface area contributed by atoms with E-state index in [0.717, 1.165) is 13.1 Å². The van der Waals surface area contributed by atoms with Gasteiger partial charge >= 0.3 is 0 Å². The summed E-state index contributed by atoms with van der Waals surface area (Å²) in [5.41, 5.74) is 0. The number of hydrogen-bond donors (Lipinski definition) is 0. The van der Waals surface area contributed by atoms with Gasteiger partial charge in [0.15, 0.2) is 0 Å². The molecule has 0 radical (unpaired) electrons. The molecule has 0 aliphatic carbocycles. The zero-order chi connectivity index (χ0) is 9.30. The van der Waals surface area contributed by atoms with Crippen LogP contribution in [-0.4, -0.2) is 23.9 Å². The number of amides is 1. The molecular formula is C10H19NO. The van der Waals surface area contributed by atoms with Crippen molar-refractivity contribution in [3.8, 4) is 0 Å². The molecule has 1 heterocycles. The fourth-order valence-corrected chi connectivity index (χ4v) is 1.73. The first-order valence-electron chi connectivity index (χ1n) is 4.81. The maximum Gasteiger partial charge on any atom is 0.225 e. The number of nitrogens with zero attached hydrogens (tertiary/aromatic N) is 1. The minimum atomic E-state index is 0.240. The Hall–Kier alpha value is -0.530. The topological polar surface area (TPSA) is 20.3 Å². The summed E-state index contributed by atoms with van der Waals surface area (Å²) in [6.07, 6.45) is 0. The van der Waals surface area contributed by atoms with Gasteiger partial charge < -0.3 is 4.90 Å². The molecule has 0 bridgehead atoms. The second-order valence-electron chi connectivity index (χ2n) is 4.40. The van der Waals surface area contributed by atoms with Crippen molar-refractivity contribution >= 4 is 5.91 Å². The summed E-state index contributed by atoms with van der Waals surface area (Å²) in [6.45, 7) is 10.4. The van der Waals surface area contributed by atoms with E-state index in [2.05, 4.69) is 20.8 Å². The molecule has 1 saturated heterocycles. The summed E-state index contributed by atoms with van der Waals surface area (Å²) in [6, 6.07) is 0. The second-order valence-corrected chi connectivity index (χ2v) is 4.40. The number of carbonyl (C=O) groups excluding carboxylic acids is 1. The summed E-state index contributed by atoms with van der Waals surface area (Å²) >= 11 is 0. The average molecular weight is 169 g/mol. The molecule has 0 aromatic heterocycles. The van der Waals surface area contributed by atoms with Crippen LogP contribution in [-0.2, 0) is 4.79 Å². The van der Waals surface area contributed by atoms with Gasteiger partial charge in [-0.05, 0) is 11.8 Å². The molecule has 12 heavy (non-hydrogen) atoms. The quantitative estimate of drug-likeness (QED) is 0.617. The van der Waals surface area contributed by atoms with E-state index < -0.39 is 0 Å². The third-order valence-electron chi connectivity index (χ3n) is 2.65. The van der Waals surface area contributed by atoms with E-state index in [0.29, 0.717) is 17.7 Å². The van der Waals surface area contributed by atoms with Crippen molar-refractivity contribution in [2.75, 3.05) is 13.1 Å². The van der Waals surface area contributed by atoms with Gasteiger partial charge in [0.2, 0.25) is 5.91 Å². The third-order valence-corrected chi connectivity index (χ3v) is 2.65. The van der Waals surface area contributed by atoms with Crippen LogP contribution in [0.3, 0.4) is 0 Å². The zero-order valence-electron chi connectivity index (χ0n) is 8.50. The third kappa shape index (κ3) is 1.79. The van der Waals surface area contributed by atoms with E-state index >= 15 is 0 Å². The Morgan fingerprint density at radius 3 is 2.42 bits per heavy atom. The van der Waals surface area contributed by atoms with E-state index in [9.17, 15) is 4.79 Å². The molecule has 0 saturated carbocycles. The second kappa shape index (κ2) is 3.46. The van der Waals surface area contributed by atoms with Gasteiger partial charge in [-0.3, -0.25) is 4.79 Å². The fourth-order valence-electron chi connectivity index (χ4n) is 1.73. The van der Waals surface area contributed by atoms with Crippen molar-refractivity contribution in [3.05, 3.63) is 0 Å². The van der Waals surface area contributed by atoms with Crippen molar-refractivity contribution in [2.24, 2.45) is 17.8 Å². The minimum absolute atomic E-state index is 0.240. The van der Waals surface area contributed by atoms with Crippen LogP contribution in [0.4, 0.5) is 0 Å². The molecule has 0 unspecified atom stereocenters. The monoisotopic (exact) mass is 169 g/mol. The SMILES string of the molecule is CC(C)CN1C[C@H](C)[C@@H](C)C1=O. The molecule has 2 heteroatoms. The van der Waals surface area contributed by atoms with Crippen LogP contribution in [0.25, 0.3) is 0 Å². The maximum atomic E-state index is 11.6. The number of carbonyl (C=O) groups is 1. The standard InChI is InChI=1S/C10H19NO/c1-7(2)5-11-6-8(3)9(4)10(11)12/h7-9H,5-6H2,1-4H3/t8-,9+/m0/s1. The normalized spacial score (nSPS) is 30.4. The summed E-state index contributed by atoms with van der Waals surface area (Å²) in [5.74, 6) is 1.71. The largest absolute Gasteiger partial charge is 0.342 e. The lowest BCUT2D eigenvalue weighted by Gasteiger charge is -2.18. The molecule has 0 spiro atoms. The highest BCUT2D eigenvalue weighted by Gasteiger charge is 2.33. The first kappa shape index (κ1) is 9.56. The van der Waals surface area contributed by atoms with Gasteiger partial charge in [0.05, 0.1) is 0 Å². The predicted molar refractivity (Wildman–Crippen MR) is 49.7 cm³/mol. The predicted octanol–water partition coefficient (Wildman–Crippen LogP) is 1.76. The van der Waals surface area contributed by atoms with E-state index in [4.69, 9.17) is 0 Å². The Morgan fingerprint density at radius 2 is 2.08 bits per heavy atom. The van der Waals surface area contributed by atoms with Gasteiger partial charge in [0.25, 0.3) is 0 Å². The highest BCUT2D eigenvalue weighted by molar-refractivity contribution is 5.80. The Morgan fingerprint density at radius 1 is 1.50 bits per heavy atom. The lowest BCUT2D eigenvalue weighted by atomic mass is 10.0. The summed E-state index contributed by atoms with van der Waals surface area (Å²) < 4.78 is 0. The van der Waals surface area contributed by atoms with Gasteiger partial charge in [-0.25, -0.2) is 0 Å². The first-order valence-corrected chi connectivity index (χ1v) is 4.81. The minimum Gasteiger partial charge on any atom is -0.342 e. The van der Waals surface area contributed by atoms with Crippen molar-refractivity contribution < 1.29 is 4.79 Å². The lowest BCUT2D eigenvalue weighted by Crippen LogP contribution is -2.30. The van der Waals surface area contributed by atoms with Crippen LogP contribution >= 0.6 is 0 Å². The highest BCUT2D eigenvalue weighted by atomic mass is 16.2. The van der Waals surface area contributed by atoms with Gasteiger partial charge in [0, 0.05) is 19.0 Å². The Bertz CT molecular complexity index is 175. The molecule has 0 aromatic carbocycles. The van der Waals surface area contributed by atoms with Crippen LogP contribution in [0.2, 0.25) is 0 Å². The van der Waals surface area contributed by atoms with Crippen molar-refractivity contribution in [1.29, 1.82) is 0 Å². The van der Waals surface area contributed by atoms with Gasteiger partial charge in [-0.15, -0.1) is 0 Å². The van der Waals surface area contributed by atoms with Gasteiger partial charge in [0.1, 0.15) is 0 Å². The Labute approximate surface area is 74.9 Å². The zero-order valence-corrected chi connectivity index (χ0v) is 8.50. The molecule has 1 aliphatic rings. The number of hydrogen-bond acceptors (Lipinski definition) is 1. The molecular weight excluding hydrogens is 150 g/mol. The Kier molecular flexibility index (Phi) is 2.76. The van der Waals surface area contributed by atoms with Crippen molar-refractivity contribution in [2.45, 2.75) is 27.7 Å². The molecule has 2 nitrogen and oxygen atoms in total. The Balaban J connectivity index is 2.53. The van der Waals surface area contributed by atoms with Crippen molar-refractivity contribution in [3.63, 3.8) is 0 Å². The van der Waals surface area contributed by atoms with Crippen LogP contribution in [0.1, 0.15) is 27.7 Å². The number of rotatable bonds is 2. The molecule has 1 aliphatic heterocycles. The van der Waals surface area contributed by atoms with Crippen molar-refractivity contribution in [1.82, 2.24) is 4.90 Å². The molecule has 0 aromatic rings. The first-order chi connectivity index (χ1) is 5.52. The van der Waals surface area contributed by atoms with Gasteiger partial charge in [-0.1, -0.05) is 27.7 Å². The molecule has 2 atom stereocenters. The van der Waals surface area contributed by atoms with E-state index in [1.807, 2.05) is 11.8 Å².